The largest absolute Gasteiger partial charge is 0.399 e. The molecule has 0 atom stereocenters. The highest BCUT2D eigenvalue weighted by molar-refractivity contribution is 7.89. The summed E-state index contributed by atoms with van der Waals surface area (Å²) in [5.41, 5.74) is 9.49. The van der Waals surface area contributed by atoms with Crippen molar-refractivity contribution in [2.75, 3.05) is 12.3 Å². The van der Waals surface area contributed by atoms with Crippen LogP contribution in [-0.4, -0.2) is 25.8 Å². The van der Waals surface area contributed by atoms with Crippen LogP contribution in [0.4, 0.5) is 11.4 Å². The van der Waals surface area contributed by atoms with Gasteiger partial charge in [-0.15, -0.1) is 0 Å². The molecule has 0 aliphatic heterocycles. The molecule has 1 rings (SSSR count). The van der Waals surface area contributed by atoms with Gasteiger partial charge in [0.1, 0.15) is 0 Å². The van der Waals surface area contributed by atoms with Crippen LogP contribution in [0.1, 0.15) is 0 Å². The number of amides is 1. The molecule has 10 heteroatoms. The van der Waals surface area contributed by atoms with E-state index in [1.807, 2.05) is 4.72 Å². The molecule has 1 aromatic carbocycles. The van der Waals surface area contributed by atoms with E-state index < -0.39 is 38.0 Å². The third-order valence-electron chi connectivity index (χ3n) is 1.91. The molecule has 1 aromatic rings. The molecule has 0 saturated carbocycles. The summed E-state index contributed by atoms with van der Waals surface area (Å²) in [6.07, 6.45) is 0. The molecule has 5 N–H and O–H groups in total. The first-order valence-corrected chi connectivity index (χ1v) is 6.04. The lowest BCUT2D eigenvalue weighted by atomic mass is 10.3. The van der Waals surface area contributed by atoms with Crippen LogP contribution in [0.3, 0.4) is 0 Å². The van der Waals surface area contributed by atoms with Crippen LogP contribution >= 0.6 is 0 Å². The zero-order valence-electron chi connectivity index (χ0n) is 8.99. The van der Waals surface area contributed by atoms with E-state index in [0.29, 0.717) is 0 Å². The average molecular weight is 274 g/mol. The highest BCUT2D eigenvalue weighted by Crippen LogP contribution is 2.25. The summed E-state index contributed by atoms with van der Waals surface area (Å²) in [6, 6.07) is 3.10. The minimum Gasteiger partial charge on any atom is -0.399 e. The lowest BCUT2D eigenvalue weighted by Crippen LogP contribution is -2.33. The number of nitrogens with one attached hydrogen (secondary N) is 1. The van der Waals surface area contributed by atoms with Crippen LogP contribution in [0.15, 0.2) is 23.1 Å². The van der Waals surface area contributed by atoms with Gasteiger partial charge in [0.05, 0.1) is 11.5 Å². The Bertz CT molecular complexity index is 598. The maximum absolute atomic E-state index is 11.7. The van der Waals surface area contributed by atoms with Gasteiger partial charge in [0, 0.05) is 11.8 Å². The molecule has 0 aliphatic carbocycles. The number of hydrogen-bond acceptors (Lipinski definition) is 6. The summed E-state index contributed by atoms with van der Waals surface area (Å²) in [5.74, 6) is -0.906. The van der Waals surface area contributed by atoms with Gasteiger partial charge < -0.3 is 11.5 Å². The third kappa shape index (κ3) is 3.15. The number of rotatable bonds is 5. The molecular weight excluding hydrogens is 264 g/mol. The molecular formula is C8H10N4O5S. The normalized spacial score (nSPS) is 11.1. The second-order valence-corrected chi connectivity index (χ2v) is 5.01. The number of carbonyl (C=O) groups excluding carboxylic acids is 1. The van der Waals surface area contributed by atoms with Crippen LogP contribution < -0.4 is 16.2 Å². The van der Waals surface area contributed by atoms with Crippen molar-refractivity contribution in [3.63, 3.8) is 0 Å². The molecule has 0 bridgehead atoms. The number of sulfonamides is 1. The molecule has 1 amide bonds. The zero-order chi connectivity index (χ0) is 13.9. The summed E-state index contributed by atoms with van der Waals surface area (Å²) in [5, 5.41) is 10.7. The van der Waals surface area contributed by atoms with Gasteiger partial charge in [0.25, 0.3) is 5.69 Å². The van der Waals surface area contributed by atoms with Crippen LogP contribution in [0.25, 0.3) is 0 Å². The number of anilines is 1. The van der Waals surface area contributed by atoms with Crippen molar-refractivity contribution < 1.29 is 18.1 Å². The molecule has 18 heavy (non-hydrogen) atoms. The fourth-order valence-corrected chi connectivity index (χ4v) is 2.29. The Balaban J connectivity index is 3.24. The molecule has 0 saturated heterocycles. The van der Waals surface area contributed by atoms with Crippen molar-refractivity contribution in [3.8, 4) is 0 Å². The second-order valence-electron chi connectivity index (χ2n) is 3.28. The first kappa shape index (κ1) is 13.9. The predicted molar refractivity (Wildman–Crippen MR) is 61.9 cm³/mol. The maximum atomic E-state index is 11.7. The Morgan fingerprint density at radius 2 is 2.06 bits per heavy atom. The van der Waals surface area contributed by atoms with Crippen molar-refractivity contribution in [1.29, 1.82) is 0 Å². The van der Waals surface area contributed by atoms with Gasteiger partial charge in [-0.2, -0.15) is 0 Å². The van der Waals surface area contributed by atoms with E-state index in [4.69, 9.17) is 11.5 Å². The summed E-state index contributed by atoms with van der Waals surface area (Å²) in [4.78, 5) is 19.8. The lowest BCUT2D eigenvalue weighted by Gasteiger charge is -2.06. The average Bonchev–Trinajstić information content (AvgIpc) is 2.26. The van der Waals surface area contributed by atoms with Gasteiger partial charge in [-0.05, 0) is 12.1 Å². The van der Waals surface area contributed by atoms with Crippen LogP contribution in [0.5, 0.6) is 0 Å². The highest BCUT2D eigenvalue weighted by Gasteiger charge is 2.25. The minimum absolute atomic E-state index is 0.0514. The van der Waals surface area contributed by atoms with E-state index >= 15 is 0 Å². The molecule has 0 aliphatic rings. The lowest BCUT2D eigenvalue weighted by molar-refractivity contribution is -0.387. The van der Waals surface area contributed by atoms with E-state index in [0.717, 1.165) is 12.1 Å². The van der Waals surface area contributed by atoms with Crippen LogP contribution in [0.2, 0.25) is 0 Å². The number of primary amides is 1. The van der Waals surface area contributed by atoms with E-state index in [1.165, 1.54) is 6.07 Å². The maximum Gasteiger partial charge on any atom is 0.291 e. The summed E-state index contributed by atoms with van der Waals surface area (Å²) in [6.45, 7) is -0.649. The summed E-state index contributed by atoms with van der Waals surface area (Å²) >= 11 is 0. The molecule has 0 radical (unpaired) electrons. The summed E-state index contributed by atoms with van der Waals surface area (Å²) < 4.78 is 25.3. The van der Waals surface area contributed by atoms with Gasteiger partial charge in [0.2, 0.25) is 15.9 Å². The van der Waals surface area contributed by atoms with Crippen LogP contribution in [0, 0.1) is 10.1 Å². The Hall–Kier alpha value is -2.20. The molecule has 0 unspecified atom stereocenters. The van der Waals surface area contributed by atoms with Crippen LogP contribution in [-0.2, 0) is 14.8 Å². The zero-order valence-corrected chi connectivity index (χ0v) is 9.81. The second kappa shape index (κ2) is 4.98. The number of nitrogens with two attached hydrogens (primary N) is 2. The Labute approximate surface area is 102 Å². The first-order valence-electron chi connectivity index (χ1n) is 4.56. The smallest absolute Gasteiger partial charge is 0.291 e. The quantitative estimate of drug-likeness (QED) is 0.352. The molecule has 0 heterocycles. The fourth-order valence-electron chi connectivity index (χ4n) is 1.15. The van der Waals surface area contributed by atoms with Crippen molar-refractivity contribution >= 4 is 27.3 Å². The van der Waals surface area contributed by atoms with Gasteiger partial charge in [0.15, 0.2) is 4.90 Å². The molecule has 0 aromatic heterocycles. The Kier molecular flexibility index (Phi) is 3.83. The van der Waals surface area contributed by atoms with Crippen molar-refractivity contribution in [3.05, 3.63) is 28.3 Å². The monoisotopic (exact) mass is 274 g/mol. The molecule has 0 fully saturated rings. The number of nitrogens with zero attached hydrogens (tertiary/aromatic N) is 1. The van der Waals surface area contributed by atoms with E-state index in [1.54, 1.807) is 0 Å². The van der Waals surface area contributed by atoms with Gasteiger partial charge >= 0.3 is 0 Å². The highest BCUT2D eigenvalue weighted by atomic mass is 32.2. The topological polar surface area (TPSA) is 158 Å². The van der Waals surface area contributed by atoms with Gasteiger partial charge in [-0.25, -0.2) is 13.1 Å². The number of nitro benzene ring substituents is 1. The summed E-state index contributed by atoms with van der Waals surface area (Å²) in [7, 11) is -4.20. The molecule has 0 spiro atoms. The standard InChI is InChI=1S/C8H10N4O5S/c9-5-1-2-7(6(3-5)12(14)15)18(16,17)11-4-8(10)13/h1-3,11H,4,9H2,(H2,10,13). The SMILES string of the molecule is NC(=O)CNS(=O)(=O)c1ccc(N)cc1[N+](=O)[O-]. The van der Waals surface area contributed by atoms with Crippen molar-refractivity contribution in [2.24, 2.45) is 5.73 Å². The van der Waals surface area contributed by atoms with Crippen molar-refractivity contribution in [2.45, 2.75) is 4.90 Å². The van der Waals surface area contributed by atoms with E-state index in [-0.39, 0.29) is 5.69 Å². The molecule has 98 valence electrons. The number of benzene rings is 1. The number of carbonyl (C=O) groups is 1. The number of hydrogen-bond donors (Lipinski definition) is 3. The number of nitro groups is 1. The third-order valence-corrected chi connectivity index (χ3v) is 3.35. The van der Waals surface area contributed by atoms with Crippen molar-refractivity contribution in [1.82, 2.24) is 4.72 Å². The van der Waals surface area contributed by atoms with Gasteiger partial charge in [-0.3, -0.25) is 14.9 Å². The van der Waals surface area contributed by atoms with E-state index in [9.17, 15) is 23.3 Å². The Morgan fingerprint density at radius 3 is 2.56 bits per heavy atom. The van der Waals surface area contributed by atoms with Gasteiger partial charge in [-0.1, -0.05) is 0 Å². The van der Waals surface area contributed by atoms with E-state index in [2.05, 4.69) is 0 Å². The molecule has 9 nitrogen and oxygen atoms in total. The fraction of sp³-hybridized carbons (Fsp3) is 0.125. The minimum atomic E-state index is -4.20. The first-order chi connectivity index (χ1) is 8.24. The predicted octanol–water partition coefficient (Wildman–Crippen LogP) is -1.06. The Morgan fingerprint density at radius 1 is 1.44 bits per heavy atom. The number of nitrogen functional groups attached to an aromatic ring is 1.